The molecule has 4 nitrogen and oxygen atoms in total. The average Bonchev–Trinajstić information content (AvgIpc) is 2.75. The molecule has 2 heterocycles. The number of nitrogens with zero attached hydrogens (tertiary/aromatic N) is 4. The predicted molar refractivity (Wildman–Crippen MR) is 67.7 cm³/mol. The summed E-state index contributed by atoms with van der Waals surface area (Å²) >= 11 is 5.83. The molecule has 0 N–H and O–H groups in total. The summed E-state index contributed by atoms with van der Waals surface area (Å²) in [7, 11) is 0. The second-order valence-electron chi connectivity index (χ2n) is 4.38. The molecule has 17 heavy (non-hydrogen) atoms. The lowest BCUT2D eigenvalue weighted by Gasteiger charge is -2.03. The van der Waals surface area contributed by atoms with Crippen molar-refractivity contribution in [3.05, 3.63) is 29.8 Å². The minimum Gasteiger partial charge on any atom is -0.272 e. The van der Waals surface area contributed by atoms with Crippen LogP contribution in [0.25, 0.3) is 11.4 Å². The highest BCUT2D eigenvalue weighted by Gasteiger charge is 2.05. The minimum atomic E-state index is 0.449. The Hall–Kier alpha value is -1.42. The van der Waals surface area contributed by atoms with Crippen LogP contribution in [0.15, 0.2) is 24.7 Å². The van der Waals surface area contributed by atoms with Crippen molar-refractivity contribution in [1.29, 1.82) is 0 Å². The maximum Gasteiger partial charge on any atom is 0.163 e. The molecule has 0 fully saturated rings. The lowest BCUT2D eigenvalue weighted by atomic mass is 10.1. The number of rotatable bonds is 4. The average molecular weight is 251 g/mol. The van der Waals surface area contributed by atoms with E-state index in [1.165, 1.54) is 0 Å². The monoisotopic (exact) mass is 250 g/mol. The molecule has 0 aliphatic carbocycles. The van der Waals surface area contributed by atoms with E-state index in [0.29, 0.717) is 16.9 Å². The molecule has 0 saturated heterocycles. The predicted octanol–water partition coefficient (Wildman–Crippen LogP) is 3.04. The Morgan fingerprint density at radius 1 is 1.41 bits per heavy atom. The summed E-state index contributed by atoms with van der Waals surface area (Å²) in [5.41, 5.74) is 0.899. The molecule has 0 spiro atoms. The van der Waals surface area contributed by atoms with Crippen LogP contribution in [0, 0.1) is 5.92 Å². The van der Waals surface area contributed by atoms with E-state index in [1.807, 2.05) is 10.9 Å². The van der Waals surface area contributed by atoms with Crippen LogP contribution in [0.5, 0.6) is 0 Å². The summed E-state index contributed by atoms with van der Waals surface area (Å²) in [4.78, 5) is 8.32. The number of aryl methyl sites for hydroxylation is 1. The smallest absolute Gasteiger partial charge is 0.163 e. The molecule has 0 bridgehead atoms. The first-order chi connectivity index (χ1) is 8.15. The van der Waals surface area contributed by atoms with Crippen LogP contribution in [0.2, 0.25) is 5.15 Å². The molecule has 0 aromatic carbocycles. The fraction of sp³-hybridized carbons (Fsp3) is 0.417. The highest BCUT2D eigenvalue weighted by Crippen LogP contribution is 2.15. The maximum absolute atomic E-state index is 5.83. The van der Waals surface area contributed by atoms with Crippen LogP contribution >= 0.6 is 11.6 Å². The first-order valence-electron chi connectivity index (χ1n) is 5.66. The van der Waals surface area contributed by atoms with E-state index in [2.05, 4.69) is 28.9 Å². The number of aromatic nitrogens is 4. The number of halogens is 1. The molecule has 5 heteroatoms. The van der Waals surface area contributed by atoms with Gasteiger partial charge in [-0.05, 0) is 18.4 Å². The molecular formula is C12H15ClN4. The third-order valence-electron chi connectivity index (χ3n) is 2.45. The van der Waals surface area contributed by atoms with E-state index in [9.17, 15) is 0 Å². The third-order valence-corrected chi connectivity index (χ3v) is 2.66. The molecule has 90 valence electrons. The Morgan fingerprint density at radius 2 is 2.24 bits per heavy atom. The number of hydrogen-bond acceptors (Lipinski definition) is 3. The van der Waals surface area contributed by atoms with Crippen molar-refractivity contribution < 1.29 is 0 Å². The Balaban J connectivity index is 2.12. The summed E-state index contributed by atoms with van der Waals surface area (Å²) in [5, 5.41) is 4.74. The summed E-state index contributed by atoms with van der Waals surface area (Å²) in [6.45, 7) is 5.31. The zero-order valence-corrected chi connectivity index (χ0v) is 10.7. The topological polar surface area (TPSA) is 43.6 Å². The van der Waals surface area contributed by atoms with Gasteiger partial charge in [0.05, 0.1) is 11.8 Å². The Bertz CT molecular complexity index is 493. The number of hydrogen-bond donors (Lipinski definition) is 0. The van der Waals surface area contributed by atoms with Crippen LogP contribution in [0.4, 0.5) is 0 Å². The zero-order chi connectivity index (χ0) is 12.3. The van der Waals surface area contributed by atoms with Crippen molar-refractivity contribution in [1.82, 2.24) is 19.7 Å². The summed E-state index contributed by atoms with van der Waals surface area (Å²) in [6.07, 6.45) is 6.48. The fourth-order valence-corrected chi connectivity index (χ4v) is 1.60. The van der Waals surface area contributed by atoms with Gasteiger partial charge in [-0.3, -0.25) is 4.68 Å². The van der Waals surface area contributed by atoms with Crippen molar-refractivity contribution >= 4 is 11.6 Å². The standard InChI is InChI=1S/C12H15ClN4/c1-9(2)4-6-17-8-10(7-15-17)12-14-5-3-11(13)16-12/h3,5,7-9H,4,6H2,1-2H3. The van der Waals surface area contributed by atoms with Gasteiger partial charge in [0.15, 0.2) is 5.82 Å². The highest BCUT2D eigenvalue weighted by molar-refractivity contribution is 6.29. The van der Waals surface area contributed by atoms with Crippen LogP contribution in [-0.4, -0.2) is 19.7 Å². The Kier molecular flexibility index (Phi) is 3.74. The first kappa shape index (κ1) is 12.0. The summed E-state index contributed by atoms with van der Waals surface area (Å²) < 4.78 is 1.92. The molecule has 0 amide bonds. The van der Waals surface area contributed by atoms with Crippen LogP contribution in [0.3, 0.4) is 0 Å². The molecule has 2 aromatic rings. The molecule has 0 radical (unpaired) electrons. The first-order valence-corrected chi connectivity index (χ1v) is 6.04. The third kappa shape index (κ3) is 3.27. The van der Waals surface area contributed by atoms with Crippen LogP contribution in [-0.2, 0) is 6.54 Å². The molecular weight excluding hydrogens is 236 g/mol. The van der Waals surface area contributed by atoms with Gasteiger partial charge in [-0.1, -0.05) is 25.4 Å². The molecule has 0 saturated carbocycles. The Labute approximate surface area is 106 Å². The van der Waals surface area contributed by atoms with Crippen LogP contribution < -0.4 is 0 Å². The molecule has 0 unspecified atom stereocenters. The van der Waals surface area contributed by atoms with Gasteiger partial charge in [0, 0.05) is 18.9 Å². The van der Waals surface area contributed by atoms with Gasteiger partial charge >= 0.3 is 0 Å². The lowest BCUT2D eigenvalue weighted by Crippen LogP contribution is -2.01. The van der Waals surface area contributed by atoms with Gasteiger partial charge in [-0.2, -0.15) is 5.10 Å². The van der Waals surface area contributed by atoms with Gasteiger partial charge in [-0.15, -0.1) is 0 Å². The Morgan fingerprint density at radius 3 is 2.94 bits per heavy atom. The second kappa shape index (κ2) is 5.27. The van der Waals surface area contributed by atoms with E-state index >= 15 is 0 Å². The SMILES string of the molecule is CC(C)CCn1cc(-c2nccc(Cl)n2)cn1. The molecule has 0 atom stereocenters. The maximum atomic E-state index is 5.83. The van der Waals surface area contributed by atoms with Gasteiger partial charge in [0.1, 0.15) is 5.15 Å². The van der Waals surface area contributed by atoms with Gasteiger partial charge in [0.25, 0.3) is 0 Å². The molecule has 0 aliphatic rings. The zero-order valence-electron chi connectivity index (χ0n) is 9.97. The van der Waals surface area contributed by atoms with Crippen molar-refractivity contribution in [3.63, 3.8) is 0 Å². The van der Waals surface area contributed by atoms with Gasteiger partial charge in [-0.25, -0.2) is 9.97 Å². The van der Waals surface area contributed by atoms with Crippen molar-refractivity contribution in [2.24, 2.45) is 5.92 Å². The van der Waals surface area contributed by atoms with E-state index in [-0.39, 0.29) is 0 Å². The van der Waals surface area contributed by atoms with E-state index in [4.69, 9.17) is 11.6 Å². The minimum absolute atomic E-state index is 0.449. The van der Waals surface area contributed by atoms with Crippen molar-refractivity contribution in [2.75, 3.05) is 0 Å². The quantitative estimate of drug-likeness (QED) is 0.784. The highest BCUT2D eigenvalue weighted by atomic mass is 35.5. The van der Waals surface area contributed by atoms with E-state index in [1.54, 1.807) is 18.5 Å². The summed E-state index contributed by atoms with van der Waals surface area (Å²) in [6, 6.07) is 1.66. The molecule has 2 rings (SSSR count). The van der Waals surface area contributed by atoms with E-state index in [0.717, 1.165) is 18.5 Å². The summed E-state index contributed by atoms with van der Waals surface area (Å²) in [5.74, 6) is 1.29. The largest absolute Gasteiger partial charge is 0.272 e. The normalized spacial score (nSPS) is 11.1. The molecule has 0 aliphatic heterocycles. The van der Waals surface area contributed by atoms with Gasteiger partial charge < -0.3 is 0 Å². The fourth-order valence-electron chi connectivity index (χ4n) is 1.47. The van der Waals surface area contributed by atoms with Crippen molar-refractivity contribution in [3.8, 4) is 11.4 Å². The second-order valence-corrected chi connectivity index (χ2v) is 4.76. The van der Waals surface area contributed by atoms with Crippen molar-refractivity contribution in [2.45, 2.75) is 26.8 Å². The lowest BCUT2D eigenvalue weighted by molar-refractivity contribution is 0.487. The van der Waals surface area contributed by atoms with Crippen LogP contribution in [0.1, 0.15) is 20.3 Å². The van der Waals surface area contributed by atoms with Gasteiger partial charge in [0.2, 0.25) is 0 Å². The van der Waals surface area contributed by atoms with E-state index < -0.39 is 0 Å². The molecule has 2 aromatic heterocycles.